The largest absolute Gasteiger partial charge is 0.378 e. The van der Waals surface area contributed by atoms with Crippen molar-refractivity contribution in [3.05, 3.63) is 52.6 Å². The van der Waals surface area contributed by atoms with Gasteiger partial charge in [0.15, 0.2) is 0 Å². The first-order valence-corrected chi connectivity index (χ1v) is 10.4. The number of benzene rings is 1. The van der Waals surface area contributed by atoms with Gasteiger partial charge in [-0.15, -0.1) is 0 Å². The molecule has 1 N–H and O–H groups in total. The van der Waals surface area contributed by atoms with Gasteiger partial charge in [-0.05, 0) is 44.4 Å². The molecule has 1 aromatic carbocycles. The molecule has 2 aliphatic rings. The van der Waals surface area contributed by atoms with E-state index in [4.69, 9.17) is 4.74 Å². The molecular formula is C22H29FN4O2. The van der Waals surface area contributed by atoms with E-state index in [1.807, 2.05) is 11.9 Å². The molecule has 2 aromatic rings. The third-order valence-electron chi connectivity index (χ3n) is 5.89. The van der Waals surface area contributed by atoms with Crippen molar-refractivity contribution >= 4 is 11.6 Å². The van der Waals surface area contributed by atoms with Crippen LogP contribution in [0, 0.1) is 19.7 Å². The fraction of sp³-hybridized carbons (Fsp3) is 0.500. The Labute approximate surface area is 171 Å². The van der Waals surface area contributed by atoms with Crippen molar-refractivity contribution in [1.82, 2.24) is 15.0 Å². The number of hydrazine groups is 1. The number of hydrogen-bond acceptors (Lipinski definition) is 4. The summed E-state index contributed by atoms with van der Waals surface area (Å²) in [6.07, 6.45) is 2.21. The van der Waals surface area contributed by atoms with Gasteiger partial charge in [0.1, 0.15) is 11.5 Å². The second-order valence-electron chi connectivity index (χ2n) is 7.85. The van der Waals surface area contributed by atoms with Crippen molar-refractivity contribution in [2.75, 3.05) is 44.3 Å². The van der Waals surface area contributed by atoms with E-state index in [9.17, 15) is 9.18 Å². The van der Waals surface area contributed by atoms with Crippen LogP contribution in [0.3, 0.4) is 0 Å². The van der Waals surface area contributed by atoms with Gasteiger partial charge in [0, 0.05) is 44.0 Å². The zero-order valence-electron chi connectivity index (χ0n) is 17.2. The van der Waals surface area contributed by atoms with Gasteiger partial charge in [-0.25, -0.2) is 9.40 Å². The molecule has 0 spiro atoms. The molecule has 0 aliphatic carbocycles. The number of nitrogens with one attached hydrogen (secondary N) is 1. The molecule has 2 fully saturated rings. The SMILES string of the molecule is Cc1c(N2CCOCC2)c(C)n(Cc2ccc(F)cc2)c1C(=O)NN1CCCC1. The molecule has 156 valence electrons. The summed E-state index contributed by atoms with van der Waals surface area (Å²) in [4.78, 5) is 15.6. The van der Waals surface area contributed by atoms with Crippen LogP contribution in [0.4, 0.5) is 10.1 Å². The average molecular weight is 400 g/mol. The Morgan fingerprint density at radius 1 is 1.07 bits per heavy atom. The van der Waals surface area contributed by atoms with E-state index in [0.717, 1.165) is 61.5 Å². The van der Waals surface area contributed by atoms with Crippen molar-refractivity contribution in [1.29, 1.82) is 0 Å². The van der Waals surface area contributed by atoms with Crippen molar-refractivity contribution in [3.8, 4) is 0 Å². The summed E-state index contributed by atoms with van der Waals surface area (Å²) in [7, 11) is 0. The van der Waals surface area contributed by atoms with Gasteiger partial charge in [0.05, 0.1) is 18.9 Å². The maximum Gasteiger partial charge on any atom is 0.282 e. The second kappa shape index (κ2) is 8.55. The molecule has 29 heavy (non-hydrogen) atoms. The molecular weight excluding hydrogens is 371 g/mol. The van der Waals surface area contributed by atoms with E-state index >= 15 is 0 Å². The number of ether oxygens (including phenoxy) is 1. The average Bonchev–Trinajstić information content (AvgIpc) is 3.30. The summed E-state index contributed by atoms with van der Waals surface area (Å²) in [5, 5.41) is 2.00. The van der Waals surface area contributed by atoms with Gasteiger partial charge in [-0.2, -0.15) is 0 Å². The fourth-order valence-electron chi connectivity index (χ4n) is 4.42. The molecule has 0 bridgehead atoms. The third kappa shape index (κ3) is 4.16. The van der Waals surface area contributed by atoms with Crippen molar-refractivity contribution in [3.63, 3.8) is 0 Å². The lowest BCUT2D eigenvalue weighted by molar-refractivity contribution is 0.0815. The van der Waals surface area contributed by atoms with Gasteiger partial charge in [0.2, 0.25) is 0 Å². The molecule has 6 nitrogen and oxygen atoms in total. The summed E-state index contributed by atoms with van der Waals surface area (Å²) in [5.41, 5.74) is 7.89. The first kappa shape index (κ1) is 19.9. The monoisotopic (exact) mass is 400 g/mol. The van der Waals surface area contributed by atoms with Crippen LogP contribution in [0.1, 0.15) is 40.2 Å². The smallest absolute Gasteiger partial charge is 0.282 e. The zero-order valence-corrected chi connectivity index (χ0v) is 17.2. The summed E-state index contributed by atoms with van der Waals surface area (Å²) < 4.78 is 20.9. The van der Waals surface area contributed by atoms with Gasteiger partial charge in [0.25, 0.3) is 5.91 Å². The minimum Gasteiger partial charge on any atom is -0.378 e. The molecule has 0 atom stereocenters. The molecule has 1 aromatic heterocycles. The Morgan fingerprint density at radius 3 is 2.38 bits per heavy atom. The van der Waals surface area contributed by atoms with E-state index in [2.05, 4.69) is 21.8 Å². The van der Waals surface area contributed by atoms with Gasteiger partial charge < -0.3 is 14.2 Å². The van der Waals surface area contributed by atoms with E-state index in [1.54, 1.807) is 12.1 Å². The molecule has 0 radical (unpaired) electrons. The van der Waals surface area contributed by atoms with Crippen LogP contribution < -0.4 is 10.3 Å². The lowest BCUT2D eigenvalue weighted by atomic mass is 10.2. The Morgan fingerprint density at radius 2 is 1.72 bits per heavy atom. The lowest BCUT2D eigenvalue weighted by Gasteiger charge is -2.29. The number of morpholine rings is 1. The van der Waals surface area contributed by atoms with Gasteiger partial charge in [-0.1, -0.05) is 12.1 Å². The highest BCUT2D eigenvalue weighted by atomic mass is 19.1. The lowest BCUT2D eigenvalue weighted by Crippen LogP contribution is -2.41. The molecule has 1 amide bonds. The highest BCUT2D eigenvalue weighted by Crippen LogP contribution is 2.32. The molecule has 0 unspecified atom stereocenters. The van der Waals surface area contributed by atoms with Crippen molar-refractivity contribution in [2.45, 2.75) is 33.2 Å². The molecule has 2 aliphatic heterocycles. The highest BCUT2D eigenvalue weighted by molar-refractivity contribution is 5.96. The predicted octanol–water partition coefficient (Wildman–Crippen LogP) is 2.87. The predicted molar refractivity (Wildman–Crippen MR) is 111 cm³/mol. The molecule has 7 heteroatoms. The topological polar surface area (TPSA) is 49.7 Å². The first-order chi connectivity index (χ1) is 14.0. The normalized spacial score (nSPS) is 17.7. The van der Waals surface area contributed by atoms with Crippen LogP contribution >= 0.6 is 0 Å². The maximum absolute atomic E-state index is 13.4. The van der Waals surface area contributed by atoms with Crippen LogP contribution in [0.25, 0.3) is 0 Å². The van der Waals surface area contributed by atoms with Crippen LogP contribution in [-0.4, -0.2) is 54.9 Å². The first-order valence-electron chi connectivity index (χ1n) is 10.4. The van der Waals surface area contributed by atoms with E-state index in [-0.39, 0.29) is 11.7 Å². The van der Waals surface area contributed by atoms with Crippen molar-refractivity contribution in [2.24, 2.45) is 0 Å². The number of aromatic nitrogens is 1. The summed E-state index contributed by atoms with van der Waals surface area (Å²) in [6.45, 7) is 9.41. The number of nitrogens with zero attached hydrogens (tertiary/aromatic N) is 3. The van der Waals surface area contributed by atoms with Crippen molar-refractivity contribution < 1.29 is 13.9 Å². The Bertz CT molecular complexity index is 866. The number of halogens is 1. The minimum absolute atomic E-state index is 0.0749. The third-order valence-corrected chi connectivity index (χ3v) is 5.89. The van der Waals surface area contributed by atoms with E-state index < -0.39 is 0 Å². The standard InChI is InChI=1S/C22H29FN4O2/c1-16-20(25-11-13-29-14-12-25)17(2)27(15-18-5-7-19(23)8-6-18)21(16)22(28)24-26-9-3-4-10-26/h5-8H,3-4,9-15H2,1-2H3,(H,24,28). The van der Waals surface area contributed by atoms with E-state index in [0.29, 0.717) is 25.5 Å². The number of anilines is 1. The number of carbonyl (C=O) groups excluding carboxylic acids is 1. The molecule has 4 rings (SSSR count). The van der Waals surface area contributed by atoms with Crippen LogP contribution in [0.15, 0.2) is 24.3 Å². The van der Waals surface area contributed by atoms with Crippen LogP contribution in [0.5, 0.6) is 0 Å². The van der Waals surface area contributed by atoms with Gasteiger partial charge >= 0.3 is 0 Å². The van der Waals surface area contributed by atoms with Crippen LogP contribution in [0.2, 0.25) is 0 Å². The number of amides is 1. The maximum atomic E-state index is 13.4. The summed E-state index contributed by atoms with van der Waals surface area (Å²) in [6, 6.07) is 6.49. The fourth-order valence-corrected chi connectivity index (χ4v) is 4.42. The second-order valence-corrected chi connectivity index (χ2v) is 7.85. The number of carbonyl (C=O) groups is 1. The van der Waals surface area contributed by atoms with E-state index in [1.165, 1.54) is 12.1 Å². The summed E-state index contributed by atoms with van der Waals surface area (Å²) >= 11 is 0. The Kier molecular flexibility index (Phi) is 5.87. The zero-order chi connectivity index (χ0) is 20.4. The molecule has 3 heterocycles. The minimum atomic E-state index is -0.254. The number of rotatable bonds is 5. The van der Waals surface area contributed by atoms with Gasteiger partial charge in [-0.3, -0.25) is 10.2 Å². The molecule has 2 saturated heterocycles. The highest BCUT2D eigenvalue weighted by Gasteiger charge is 2.28. The Hall–Kier alpha value is -2.38. The summed E-state index contributed by atoms with van der Waals surface area (Å²) in [5.74, 6) is -0.329. The molecule has 0 saturated carbocycles. The number of hydrogen-bond donors (Lipinski definition) is 1. The van der Waals surface area contributed by atoms with Crippen LogP contribution in [-0.2, 0) is 11.3 Å². The Balaban J connectivity index is 1.71. The quantitative estimate of drug-likeness (QED) is 0.839.